The first-order chi connectivity index (χ1) is 14.0. The zero-order valence-corrected chi connectivity index (χ0v) is 16.3. The number of phenolic OH excluding ortho intramolecular Hbond substituents is 1. The maximum atomic E-state index is 12.4. The number of nitrogens with one attached hydrogen (secondary N) is 1. The lowest BCUT2D eigenvalue weighted by molar-refractivity contribution is -0.112. The van der Waals surface area contributed by atoms with Gasteiger partial charge < -0.3 is 19.9 Å². The maximum absolute atomic E-state index is 12.4. The molecule has 0 atom stereocenters. The molecule has 0 radical (unpaired) electrons. The van der Waals surface area contributed by atoms with Crippen LogP contribution in [0.15, 0.2) is 48.0 Å². The van der Waals surface area contributed by atoms with Gasteiger partial charge in [-0.05, 0) is 55.0 Å². The highest BCUT2D eigenvalue weighted by molar-refractivity contribution is 6.10. The predicted octanol–water partition coefficient (Wildman–Crippen LogP) is 3.90. The SMILES string of the molecule is CCCCOC(=O)c1ccc(NC(=O)/C(C#N)=C/c2cc(OC)ccc2O)cc1. The third-order valence-corrected chi connectivity index (χ3v) is 4.01. The first-order valence-corrected chi connectivity index (χ1v) is 9.05. The molecule has 0 unspecified atom stereocenters. The first kappa shape index (κ1) is 21.5. The molecule has 0 aliphatic rings. The molecule has 0 aliphatic heterocycles. The van der Waals surface area contributed by atoms with E-state index in [1.165, 1.54) is 37.5 Å². The predicted molar refractivity (Wildman–Crippen MR) is 109 cm³/mol. The smallest absolute Gasteiger partial charge is 0.338 e. The van der Waals surface area contributed by atoms with Crippen LogP contribution in [-0.4, -0.2) is 30.7 Å². The molecular formula is C22H22N2O5. The number of carbonyl (C=O) groups is 2. The van der Waals surface area contributed by atoms with Gasteiger partial charge in [0.1, 0.15) is 23.1 Å². The van der Waals surface area contributed by atoms with Gasteiger partial charge in [-0.25, -0.2) is 4.79 Å². The molecule has 0 aromatic heterocycles. The molecule has 0 heterocycles. The highest BCUT2D eigenvalue weighted by Gasteiger charge is 2.12. The van der Waals surface area contributed by atoms with Crippen LogP contribution in [-0.2, 0) is 9.53 Å². The average Bonchev–Trinajstić information content (AvgIpc) is 2.73. The number of hydrogen-bond donors (Lipinski definition) is 2. The van der Waals surface area contributed by atoms with E-state index in [9.17, 15) is 20.0 Å². The number of benzene rings is 2. The van der Waals surface area contributed by atoms with Gasteiger partial charge in [0.05, 0.1) is 19.3 Å². The summed E-state index contributed by atoms with van der Waals surface area (Å²) < 4.78 is 10.2. The molecule has 0 fully saturated rings. The Labute approximate surface area is 169 Å². The molecule has 0 spiro atoms. The second kappa shape index (κ2) is 10.5. The van der Waals surface area contributed by atoms with E-state index in [2.05, 4.69) is 5.32 Å². The van der Waals surface area contributed by atoms with Crippen molar-refractivity contribution >= 4 is 23.6 Å². The lowest BCUT2D eigenvalue weighted by Crippen LogP contribution is -2.13. The standard InChI is InChI=1S/C22H22N2O5/c1-3-4-11-29-22(27)15-5-7-18(8-6-15)24-21(26)17(14-23)12-16-13-19(28-2)9-10-20(16)25/h5-10,12-13,25H,3-4,11H2,1-2H3,(H,24,26)/b17-12+. The highest BCUT2D eigenvalue weighted by atomic mass is 16.5. The fraction of sp³-hybridized carbons (Fsp3) is 0.227. The van der Waals surface area contributed by atoms with Crippen LogP contribution in [0.25, 0.3) is 6.08 Å². The Kier molecular flexibility index (Phi) is 7.80. The van der Waals surface area contributed by atoms with Gasteiger partial charge in [-0.1, -0.05) is 13.3 Å². The van der Waals surface area contributed by atoms with Gasteiger partial charge >= 0.3 is 5.97 Å². The van der Waals surface area contributed by atoms with E-state index in [1.807, 2.05) is 13.0 Å². The number of nitrogens with zero attached hydrogens (tertiary/aromatic N) is 1. The second-order valence-corrected chi connectivity index (χ2v) is 6.12. The zero-order valence-electron chi connectivity index (χ0n) is 16.3. The summed E-state index contributed by atoms with van der Waals surface area (Å²) in [5.74, 6) is -0.680. The lowest BCUT2D eigenvalue weighted by atomic mass is 10.1. The molecule has 29 heavy (non-hydrogen) atoms. The van der Waals surface area contributed by atoms with Crippen molar-refractivity contribution in [3.63, 3.8) is 0 Å². The minimum absolute atomic E-state index is 0.0858. The molecule has 2 aromatic rings. The van der Waals surface area contributed by atoms with E-state index in [-0.39, 0.29) is 16.9 Å². The molecule has 0 saturated carbocycles. The van der Waals surface area contributed by atoms with Crippen LogP contribution in [0.3, 0.4) is 0 Å². The van der Waals surface area contributed by atoms with Crippen molar-refractivity contribution in [2.24, 2.45) is 0 Å². The van der Waals surface area contributed by atoms with Gasteiger partial charge in [0.2, 0.25) is 0 Å². The van der Waals surface area contributed by atoms with Crippen LogP contribution in [0, 0.1) is 11.3 Å². The molecule has 2 rings (SSSR count). The maximum Gasteiger partial charge on any atom is 0.338 e. The van der Waals surface area contributed by atoms with E-state index >= 15 is 0 Å². The number of phenols is 1. The minimum Gasteiger partial charge on any atom is -0.507 e. The molecule has 2 N–H and O–H groups in total. The summed E-state index contributed by atoms with van der Waals surface area (Å²) in [6, 6.07) is 12.5. The zero-order chi connectivity index (χ0) is 21.2. The van der Waals surface area contributed by atoms with Crippen LogP contribution >= 0.6 is 0 Å². The molecule has 0 aliphatic carbocycles. The van der Waals surface area contributed by atoms with E-state index in [4.69, 9.17) is 9.47 Å². The number of esters is 1. The number of ether oxygens (including phenoxy) is 2. The summed E-state index contributed by atoms with van der Waals surface area (Å²) in [4.78, 5) is 24.3. The Hall–Kier alpha value is -3.79. The summed E-state index contributed by atoms with van der Waals surface area (Å²) in [6.07, 6.45) is 3.00. The highest BCUT2D eigenvalue weighted by Crippen LogP contribution is 2.25. The van der Waals surface area contributed by atoms with E-state index in [1.54, 1.807) is 18.2 Å². The fourth-order valence-electron chi connectivity index (χ4n) is 2.36. The summed E-state index contributed by atoms with van der Waals surface area (Å²) in [7, 11) is 1.47. The number of carbonyl (C=O) groups excluding carboxylic acids is 2. The summed E-state index contributed by atoms with van der Waals surface area (Å²) in [6.45, 7) is 2.37. The van der Waals surface area contributed by atoms with Crippen LogP contribution < -0.4 is 10.1 Å². The monoisotopic (exact) mass is 394 g/mol. The molecule has 2 aromatic carbocycles. The summed E-state index contributed by atoms with van der Waals surface area (Å²) in [5.41, 5.74) is 0.866. The summed E-state index contributed by atoms with van der Waals surface area (Å²) >= 11 is 0. The quantitative estimate of drug-likeness (QED) is 0.304. The Morgan fingerprint density at radius 3 is 2.55 bits per heavy atom. The third kappa shape index (κ3) is 6.11. The van der Waals surface area contributed by atoms with Gasteiger partial charge in [0, 0.05) is 11.3 Å². The van der Waals surface area contributed by atoms with E-state index in [0.29, 0.717) is 23.6 Å². The number of methoxy groups -OCH3 is 1. The van der Waals surface area contributed by atoms with Gasteiger partial charge in [-0.2, -0.15) is 5.26 Å². The summed E-state index contributed by atoms with van der Waals surface area (Å²) in [5, 5.41) is 21.8. The topological polar surface area (TPSA) is 109 Å². The third-order valence-electron chi connectivity index (χ3n) is 4.01. The Balaban J connectivity index is 2.10. The molecule has 150 valence electrons. The number of hydrogen-bond acceptors (Lipinski definition) is 6. The molecule has 1 amide bonds. The van der Waals surface area contributed by atoms with Gasteiger partial charge in [0.15, 0.2) is 0 Å². The van der Waals surface area contributed by atoms with Crippen molar-refractivity contribution in [3.05, 3.63) is 59.2 Å². The van der Waals surface area contributed by atoms with Crippen molar-refractivity contribution in [2.45, 2.75) is 19.8 Å². The number of rotatable bonds is 8. The van der Waals surface area contributed by atoms with E-state index < -0.39 is 11.9 Å². The average molecular weight is 394 g/mol. The molecule has 7 heteroatoms. The van der Waals surface area contributed by atoms with Crippen molar-refractivity contribution in [1.29, 1.82) is 5.26 Å². The van der Waals surface area contributed by atoms with Crippen molar-refractivity contribution in [1.82, 2.24) is 0 Å². The van der Waals surface area contributed by atoms with Crippen LogP contribution in [0.5, 0.6) is 11.5 Å². The van der Waals surface area contributed by atoms with Gasteiger partial charge in [0.25, 0.3) is 5.91 Å². The fourth-order valence-corrected chi connectivity index (χ4v) is 2.36. The molecule has 7 nitrogen and oxygen atoms in total. The van der Waals surface area contributed by atoms with Crippen molar-refractivity contribution < 1.29 is 24.2 Å². The van der Waals surface area contributed by atoms with Crippen LogP contribution in [0.1, 0.15) is 35.7 Å². The number of unbranched alkanes of at least 4 members (excludes halogenated alkanes) is 1. The largest absolute Gasteiger partial charge is 0.507 e. The Morgan fingerprint density at radius 2 is 1.93 bits per heavy atom. The Bertz CT molecular complexity index is 943. The molecule has 0 bridgehead atoms. The molecular weight excluding hydrogens is 372 g/mol. The normalized spacial score (nSPS) is 10.7. The van der Waals surface area contributed by atoms with Crippen LogP contribution in [0.2, 0.25) is 0 Å². The van der Waals surface area contributed by atoms with E-state index in [0.717, 1.165) is 12.8 Å². The molecule has 0 saturated heterocycles. The number of nitriles is 1. The number of anilines is 1. The number of aromatic hydroxyl groups is 1. The van der Waals surface area contributed by atoms with Crippen LogP contribution in [0.4, 0.5) is 5.69 Å². The minimum atomic E-state index is -0.645. The second-order valence-electron chi connectivity index (χ2n) is 6.12. The first-order valence-electron chi connectivity index (χ1n) is 9.05. The van der Waals surface area contributed by atoms with Gasteiger partial charge in [-0.15, -0.1) is 0 Å². The Morgan fingerprint density at radius 1 is 1.21 bits per heavy atom. The van der Waals surface area contributed by atoms with Crippen molar-refractivity contribution in [3.8, 4) is 17.6 Å². The van der Waals surface area contributed by atoms with Crippen molar-refractivity contribution in [2.75, 3.05) is 19.0 Å². The van der Waals surface area contributed by atoms with Gasteiger partial charge in [-0.3, -0.25) is 4.79 Å². The lowest BCUT2D eigenvalue weighted by Gasteiger charge is -2.07. The number of amides is 1.